The van der Waals surface area contributed by atoms with Gasteiger partial charge in [0, 0.05) is 40.8 Å². The number of aliphatic hydroxyl groups excluding tert-OH is 1. The SMILES string of the molecule is Nc1ncnc2c1c(-c1ccc3c(ccn3Cc3ccccc3F)c1)nn2[C@H]1CC[C@H](NCCOCCO)CC1. The second kappa shape index (κ2) is 11.7. The van der Waals surface area contributed by atoms with Crippen molar-refractivity contribution in [3.63, 3.8) is 0 Å². The minimum atomic E-state index is -0.203. The molecular weight excluding hydrogens is 509 g/mol. The first kappa shape index (κ1) is 26.4. The van der Waals surface area contributed by atoms with Crippen LogP contribution in [0.2, 0.25) is 0 Å². The molecule has 1 aliphatic rings. The lowest BCUT2D eigenvalue weighted by atomic mass is 9.91. The van der Waals surface area contributed by atoms with Crippen LogP contribution in [-0.2, 0) is 11.3 Å². The minimum absolute atomic E-state index is 0.0507. The van der Waals surface area contributed by atoms with E-state index in [9.17, 15) is 4.39 Å². The van der Waals surface area contributed by atoms with Crippen LogP contribution < -0.4 is 11.1 Å². The largest absolute Gasteiger partial charge is 0.394 e. The van der Waals surface area contributed by atoms with Gasteiger partial charge in [0.05, 0.1) is 37.8 Å². The predicted octanol–water partition coefficient (Wildman–Crippen LogP) is 4.30. The molecule has 0 atom stereocenters. The quantitative estimate of drug-likeness (QED) is 0.225. The molecule has 0 aliphatic heterocycles. The highest BCUT2D eigenvalue weighted by atomic mass is 19.1. The first-order valence-corrected chi connectivity index (χ1v) is 13.9. The number of nitrogens with one attached hydrogen (secondary N) is 1. The number of aromatic nitrogens is 5. The van der Waals surface area contributed by atoms with E-state index in [0.717, 1.165) is 65.4 Å². The van der Waals surface area contributed by atoms with Gasteiger partial charge in [-0.2, -0.15) is 5.10 Å². The zero-order valence-corrected chi connectivity index (χ0v) is 22.3. The summed E-state index contributed by atoms with van der Waals surface area (Å²) in [4.78, 5) is 8.88. The second-order valence-corrected chi connectivity index (χ2v) is 10.4. The predicted molar refractivity (Wildman–Crippen MR) is 153 cm³/mol. The molecule has 6 rings (SSSR count). The van der Waals surface area contributed by atoms with E-state index in [2.05, 4.69) is 32.0 Å². The summed E-state index contributed by atoms with van der Waals surface area (Å²) in [5.74, 6) is 0.215. The van der Waals surface area contributed by atoms with E-state index < -0.39 is 0 Å². The first-order chi connectivity index (χ1) is 19.6. The Hall–Kier alpha value is -3.86. The van der Waals surface area contributed by atoms with E-state index >= 15 is 0 Å². The summed E-state index contributed by atoms with van der Waals surface area (Å²) in [6.07, 6.45) is 7.51. The first-order valence-electron chi connectivity index (χ1n) is 13.9. The molecule has 0 unspecified atom stereocenters. The van der Waals surface area contributed by atoms with Gasteiger partial charge in [0.2, 0.25) is 0 Å². The molecule has 2 aromatic carbocycles. The highest BCUT2D eigenvalue weighted by molar-refractivity contribution is 6.00. The lowest BCUT2D eigenvalue weighted by Gasteiger charge is -2.29. The Balaban J connectivity index is 1.24. The van der Waals surface area contributed by atoms with Gasteiger partial charge in [-0.05, 0) is 49.9 Å². The average Bonchev–Trinajstić information content (AvgIpc) is 3.57. The summed E-state index contributed by atoms with van der Waals surface area (Å²) in [5.41, 5.74) is 10.5. The van der Waals surface area contributed by atoms with Gasteiger partial charge in [-0.3, -0.25) is 0 Å². The molecule has 0 amide bonds. The fraction of sp³-hybridized carbons (Fsp3) is 0.367. The molecule has 40 heavy (non-hydrogen) atoms. The molecule has 0 radical (unpaired) electrons. The molecular formula is C30H34FN7O2. The molecule has 5 aromatic rings. The van der Waals surface area contributed by atoms with Crippen LogP contribution in [0.15, 0.2) is 61.1 Å². The summed E-state index contributed by atoms with van der Waals surface area (Å²) in [5, 5.41) is 19.3. The lowest BCUT2D eigenvalue weighted by molar-refractivity contribution is 0.0913. The summed E-state index contributed by atoms with van der Waals surface area (Å²) >= 11 is 0. The van der Waals surface area contributed by atoms with E-state index in [-0.39, 0.29) is 18.5 Å². The molecule has 0 spiro atoms. The zero-order valence-electron chi connectivity index (χ0n) is 22.3. The average molecular weight is 544 g/mol. The molecule has 0 saturated heterocycles. The van der Waals surface area contributed by atoms with Crippen LogP contribution >= 0.6 is 0 Å². The number of benzene rings is 2. The highest BCUT2D eigenvalue weighted by Gasteiger charge is 2.27. The summed E-state index contributed by atoms with van der Waals surface area (Å²) in [6, 6.07) is 15.8. The van der Waals surface area contributed by atoms with Gasteiger partial charge >= 0.3 is 0 Å². The van der Waals surface area contributed by atoms with Gasteiger partial charge in [0.1, 0.15) is 23.7 Å². The van der Waals surface area contributed by atoms with Crippen molar-refractivity contribution >= 4 is 27.8 Å². The third-order valence-electron chi connectivity index (χ3n) is 7.82. The monoisotopic (exact) mass is 543 g/mol. The Morgan fingerprint density at radius 3 is 2.73 bits per heavy atom. The summed E-state index contributed by atoms with van der Waals surface area (Å²) in [7, 11) is 0. The van der Waals surface area contributed by atoms with Gasteiger partial charge < -0.3 is 25.5 Å². The Labute approximate surface area is 231 Å². The van der Waals surface area contributed by atoms with Crippen molar-refractivity contribution in [2.24, 2.45) is 0 Å². The smallest absolute Gasteiger partial charge is 0.164 e. The highest BCUT2D eigenvalue weighted by Crippen LogP contribution is 2.37. The van der Waals surface area contributed by atoms with Gasteiger partial charge in [0.15, 0.2) is 5.65 Å². The Bertz CT molecular complexity index is 1610. The zero-order chi connectivity index (χ0) is 27.5. The number of ether oxygens (including phenoxy) is 1. The standard InChI is InChI=1S/C30H34FN7O2/c31-25-4-2-1-3-22(25)18-37-13-11-20-17-21(5-10-26(20)37)28-27-29(32)34-19-35-30(27)38(36-28)24-8-6-23(7-9-24)33-12-15-40-16-14-39/h1-5,10-11,13,17,19,23-24,33,39H,6-9,12,14-16,18H2,(H2,32,34,35)/t23-,24-. The summed E-state index contributed by atoms with van der Waals surface area (Å²) < 4.78 is 23.7. The molecule has 10 heteroatoms. The van der Waals surface area contributed by atoms with Crippen molar-refractivity contribution in [1.29, 1.82) is 0 Å². The Morgan fingerprint density at radius 2 is 1.90 bits per heavy atom. The third-order valence-corrected chi connectivity index (χ3v) is 7.82. The lowest BCUT2D eigenvalue weighted by Crippen LogP contribution is -2.36. The van der Waals surface area contributed by atoms with Crippen LogP contribution in [0.5, 0.6) is 0 Å². The normalized spacial score (nSPS) is 17.6. The fourth-order valence-corrected chi connectivity index (χ4v) is 5.77. The topological polar surface area (TPSA) is 116 Å². The van der Waals surface area contributed by atoms with E-state index in [1.165, 1.54) is 12.4 Å². The van der Waals surface area contributed by atoms with Crippen LogP contribution in [-0.4, -0.2) is 61.8 Å². The van der Waals surface area contributed by atoms with Crippen LogP contribution in [0.25, 0.3) is 33.2 Å². The van der Waals surface area contributed by atoms with Crippen molar-refractivity contribution < 1.29 is 14.2 Å². The number of halogens is 1. The van der Waals surface area contributed by atoms with Crippen LogP contribution in [0, 0.1) is 5.82 Å². The number of nitrogens with two attached hydrogens (primary N) is 1. The van der Waals surface area contributed by atoms with Gasteiger partial charge in [-0.1, -0.05) is 24.3 Å². The molecule has 0 bridgehead atoms. The van der Waals surface area contributed by atoms with Crippen LogP contribution in [0.4, 0.5) is 10.2 Å². The number of anilines is 1. The maximum atomic E-state index is 14.3. The number of nitrogen functional groups attached to an aromatic ring is 1. The second-order valence-electron chi connectivity index (χ2n) is 10.4. The van der Waals surface area contributed by atoms with Gasteiger partial charge in [-0.25, -0.2) is 19.0 Å². The molecule has 3 aromatic heterocycles. The number of hydrogen-bond acceptors (Lipinski definition) is 7. The van der Waals surface area contributed by atoms with Gasteiger partial charge in [0.25, 0.3) is 0 Å². The number of fused-ring (bicyclic) bond motifs is 2. The van der Waals surface area contributed by atoms with Crippen molar-refractivity contribution in [2.45, 2.75) is 44.3 Å². The molecule has 1 fully saturated rings. The van der Waals surface area contributed by atoms with Crippen molar-refractivity contribution in [1.82, 2.24) is 29.6 Å². The van der Waals surface area contributed by atoms with E-state index in [1.54, 1.807) is 6.07 Å². The number of nitrogens with zero attached hydrogens (tertiary/aromatic N) is 5. The van der Waals surface area contributed by atoms with E-state index in [1.807, 2.05) is 35.1 Å². The maximum Gasteiger partial charge on any atom is 0.164 e. The Kier molecular flexibility index (Phi) is 7.72. The molecule has 1 saturated carbocycles. The van der Waals surface area contributed by atoms with E-state index in [4.69, 9.17) is 20.7 Å². The van der Waals surface area contributed by atoms with Crippen LogP contribution in [0.1, 0.15) is 37.3 Å². The van der Waals surface area contributed by atoms with Crippen LogP contribution in [0.3, 0.4) is 0 Å². The number of hydrogen-bond donors (Lipinski definition) is 3. The van der Waals surface area contributed by atoms with Crippen molar-refractivity contribution in [3.05, 3.63) is 72.4 Å². The van der Waals surface area contributed by atoms with Gasteiger partial charge in [-0.15, -0.1) is 0 Å². The van der Waals surface area contributed by atoms with E-state index in [0.29, 0.717) is 37.2 Å². The minimum Gasteiger partial charge on any atom is -0.394 e. The molecule has 9 nitrogen and oxygen atoms in total. The molecule has 208 valence electrons. The Morgan fingerprint density at radius 1 is 1.05 bits per heavy atom. The fourth-order valence-electron chi connectivity index (χ4n) is 5.77. The van der Waals surface area contributed by atoms with Crippen molar-refractivity contribution in [2.75, 3.05) is 32.1 Å². The number of aliphatic hydroxyl groups is 1. The molecule has 3 heterocycles. The number of rotatable bonds is 10. The molecule has 1 aliphatic carbocycles. The third kappa shape index (κ3) is 5.30. The maximum absolute atomic E-state index is 14.3. The summed E-state index contributed by atoms with van der Waals surface area (Å²) in [6.45, 7) is 2.26. The molecule has 4 N–H and O–H groups in total. The van der Waals surface area contributed by atoms with Crippen molar-refractivity contribution in [3.8, 4) is 11.3 Å².